The summed E-state index contributed by atoms with van der Waals surface area (Å²) in [6.45, 7) is 4.66. The number of aromatic nitrogens is 1. The summed E-state index contributed by atoms with van der Waals surface area (Å²) in [6, 6.07) is 55.4. The van der Waals surface area contributed by atoms with Crippen LogP contribution in [0.2, 0.25) is 0 Å². The van der Waals surface area contributed by atoms with E-state index in [1.165, 1.54) is 22.3 Å². The van der Waals surface area contributed by atoms with Crippen molar-refractivity contribution in [1.29, 1.82) is 0 Å². The maximum Gasteiger partial charge on any atom is 0.227 e. The summed E-state index contributed by atoms with van der Waals surface area (Å²) in [5.41, 5.74) is 14.7. The van der Waals surface area contributed by atoms with Crippen LogP contribution in [0.4, 0.5) is 17.1 Å². The zero-order chi connectivity index (χ0) is 33.4. The maximum absolute atomic E-state index is 6.40. The standard InChI is InChI=1S/C46H32N2O2/c1-46(2)37-19-11-9-17-34(37)35-26-25-33(27-38(35)46)48(31-15-7-4-8-16-31)32-23-21-29(22-24-32)42-43-36-18-10-12-20-39(36)49-40(43)28-41-44(42)47-45(50-41)30-13-5-3-6-14-30/h3-28H,1-2H3. The lowest BCUT2D eigenvalue weighted by molar-refractivity contribution is 0.617. The van der Waals surface area contributed by atoms with E-state index < -0.39 is 0 Å². The molecule has 9 aromatic rings. The van der Waals surface area contributed by atoms with Gasteiger partial charge in [-0.3, -0.25) is 0 Å². The highest BCUT2D eigenvalue weighted by molar-refractivity contribution is 6.19. The van der Waals surface area contributed by atoms with Crippen LogP contribution < -0.4 is 4.90 Å². The number of hydrogen-bond acceptors (Lipinski definition) is 4. The lowest BCUT2D eigenvalue weighted by atomic mass is 9.82. The summed E-state index contributed by atoms with van der Waals surface area (Å²) in [4.78, 5) is 7.44. The molecule has 2 aromatic heterocycles. The Hall–Kier alpha value is -6.39. The van der Waals surface area contributed by atoms with E-state index in [9.17, 15) is 0 Å². The number of hydrogen-bond donors (Lipinski definition) is 0. The number of fused-ring (bicyclic) bond motifs is 7. The van der Waals surface area contributed by atoms with Crippen molar-refractivity contribution in [3.8, 4) is 33.7 Å². The van der Waals surface area contributed by atoms with Crippen LogP contribution in [0.1, 0.15) is 25.0 Å². The number of rotatable bonds is 5. The van der Waals surface area contributed by atoms with E-state index in [2.05, 4.69) is 128 Å². The number of furan rings is 1. The number of oxazole rings is 1. The van der Waals surface area contributed by atoms with Gasteiger partial charge < -0.3 is 13.7 Å². The molecule has 1 aliphatic rings. The first kappa shape index (κ1) is 28.6. The summed E-state index contributed by atoms with van der Waals surface area (Å²) in [7, 11) is 0. The molecule has 0 amide bonds. The molecule has 0 spiro atoms. The van der Waals surface area contributed by atoms with Gasteiger partial charge in [0, 0.05) is 50.4 Å². The number of nitrogens with zero attached hydrogens (tertiary/aromatic N) is 2. The van der Waals surface area contributed by atoms with Crippen LogP contribution in [0.25, 0.3) is 66.7 Å². The maximum atomic E-state index is 6.40. The molecular weight excluding hydrogens is 613 g/mol. The van der Waals surface area contributed by atoms with Crippen LogP contribution in [-0.4, -0.2) is 4.98 Å². The van der Waals surface area contributed by atoms with Crippen molar-refractivity contribution >= 4 is 50.1 Å². The summed E-state index contributed by atoms with van der Waals surface area (Å²) < 4.78 is 12.8. The first-order chi connectivity index (χ1) is 24.5. The summed E-state index contributed by atoms with van der Waals surface area (Å²) in [5, 5.41) is 2.09. The van der Waals surface area contributed by atoms with Gasteiger partial charge in [0.2, 0.25) is 5.89 Å². The molecule has 238 valence electrons. The molecule has 7 aromatic carbocycles. The molecule has 0 fully saturated rings. The zero-order valence-corrected chi connectivity index (χ0v) is 27.7. The quantitative estimate of drug-likeness (QED) is 0.187. The molecule has 0 radical (unpaired) electrons. The molecular formula is C46H32N2O2. The number of para-hydroxylation sites is 2. The molecule has 50 heavy (non-hydrogen) atoms. The van der Waals surface area contributed by atoms with E-state index >= 15 is 0 Å². The average molecular weight is 645 g/mol. The van der Waals surface area contributed by atoms with Gasteiger partial charge in [0.25, 0.3) is 0 Å². The van der Waals surface area contributed by atoms with E-state index in [-0.39, 0.29) is 5.41 Å². The SMILES string of the molecule is CC1(C)c2ccccc2-c2ccc(N(c3ccccc3)c3ccc(-c4c5nc(-c6ccccc6)oc5cc5oc6ccccc6c45)cc3)cc21. The summed E-state index contributed by atoms with van der Waals surface area (Å²) in [5.74, 6) is 0.590. The Morgan fingerprint density at radius 2 is 1.16 bits per heavy atom. The fourth-order valence-corrected chi connectivity index (χ4v) is 7.89. The first-order valence-corrected chi connectivity index (χ1v) is 17.0. The van der Waals surface area contributed by atoms with Gasteiger partial charge in [-0.25, -0.2) is 4.98 Å². The van der Waals surface area contributed by atoms with Crippen LogP contribution in [0.3, 0.4) is 0 Å². The Kier molecular flexibility index (Phi) is 6.19. The van der Waals surface area contributed by atoms with Gasteiger partial charge in [0.15, 0.2) is 5.58 Å². The Morgan fingerprint density at radius 1 is 0.500 bits per heavy atom. The molecule has 4 heteroatoms. The Morgan fingerprint density at radius 3 is 1.98 bits per heavy atom. The monoisotopic (exact) mass is 644 g/mol. The number of anilines is 3. The zero-order valence-electron chi connectivity index (χ0n) is 27.7. The van der Waals surface area contributed by atoms with E-state index in [1.54, 1.807) is 0 Å². The fraction of sp³-hybridized carbons (Fsp3) is 0.0652. The van der Waals surface area contributed by atoms with Crippen LogP contribution in [-0.2, 0) is 5.41 Å². The second-order valence-corrected chi connectivity index (χ2v) is 13.6. The third-order valence-corrected chi connectivity index (χ3v) is 10.3. The van der Waals surface area contributed by atoms with Gasteiger partial charge in [-0.2, -0.15) is 0 Å². The third kappa shape index (κ3) is 4.28. The highest BCUT2D eigenvalue weighted by atomic mass is 16.4. The van der Waals surface area contributed by atoms with Gasteiger partial charge in [-0.05, 0) is 82.4 Å². The minimum absolute atomic E-state index is 0.0955. The fourth-order valence-electron chi connectivity index (χ4n) is 7.89. The highest BCUT2D eigenvalue weighted by Crippen LogP contribution is 2.51. The second-order valence-electron chi connectivity index (χ2n) is 13.6. The van der Waals surface area contributed by atoms with Crippen molar-refractivity contribution in [2.75, 3.05) is 4.90 Å². The smallest absolute Gasteiger partial charge is 0.227 e. The van der Waals surface area contributed by atoms with Gasteiger partial charge in [0.05, 0.1) is 0 Å². The van der Waals surface area contributed by atoms with Crippen molar-refractivity contribution in [2.24, 2.45) is 0 Å². The molecule has 4 nitrogen and oxygen atoms in total. The lowest BCUT2D eigenvalue weighted by Gasteiger charge is -2.28. The topological polar surface area (TPSA) is 42.4 Å². The normalized spacial score (nSPS) is 13.2. The van der Waals surface area contributed by atoms with E-state index in [4.69, 9.17) is 13.8 Å². The van der Waals surface area contributed by atoms with Gasteiger partial charge in [0.1, 0.15) is 16.7 Å². The van der Waals surface area contributed by atoms with Crippen molar-refractivity contribution in [1.82, 2.24) is 4.98 Å². The molecule has 1 aliphatic carbocycles. The molecule has 0 N–H and O–H groups in total. The number of benzene rings is 7. The predicted molar refractivity (Wildman–Crippen MR) is 204 cm³/mol. The Bertz CT molecular complexity index is 2720. The van der Waals surface area contributed by atoms with E-state index in [1.807, 2.05) is 48.5 Å². The molecule has 0 bridgehead atoms. The average Bonchev–Trinajstić information content (AvgIpc) is 3.82. The summed E-state index contributed by atoms with van der Waals surface area (Å²) in [6.07, 6.45) is 0. The Balaban J connectivity index is 1.14. The van der Waals surface area contributed by atoms with Crippen LogP contribution >= 0.6 is 0 Å². The molecule has 10 rings (SSSR count). The van der Waals surface area contributed by atoms with E-state index in [0.717, 1.165) is 61.2 Å². The lowest BCUT2D eigenvalue weighted by Crippen LogP contribution is -2.16. The molecule has 0 unspecified atom stereocenters. The summed E-state index contributed by atoms with van der Waals surface area (Å²) >= 11 is 0. The second kappa shape index (κ2) is 10.8. The van der Waals surface area contributed by atoms with Crippen molar-refractivity contribution < 1.29 is 8.83 Å². The third-order valence-electron chi connectivity index (χ3n) is 10.3. The van der Waals surface area contributed by atoms with Crippen LogP contribution in [0, 0.1) is 0 Å². The van der Waals surface area contributed by atoms with Gasteiger partial charge in [-0.1, -0.05) is 111 Å². The van der Waals surface area contributed by atoms with Crippen LogP contribution in [0.15, 0.2) is 167 Å². The molecule has 2 heterocycles. The predicted octanol–water partition coefficient (Wildman–Crippen LogP) is 12.8. The van der Waals surface area contributed by atoms with Crippen molar-refractivity contribution in [3.63, 3.8) is 0 Å². The first-order valence-electron chi connectivity index (χ1n) is 17.0. The van der Waals surface area contributed by atoms with Crippen molar-refractivity contribution in [3.05, 3.63) is 169 Å². The largest absolute Gasteiger partial charge is 0.456 e. The molecule has 0 saturated heterocycles. The molecule has 0 aliphatic heterocycles. The van der Waals surface area contributed by atoms with Crippen LogP contribution in [0.5, 0.6) is 0 Å². The highest BCUT2D eigenvalue weighted by Gasteiger charge is 2.35. The Labute approximate surface area is 289 Å². The molecule has 0 atom stereocenters. The van der Waals surface area contributed by atoms with E-state index in [0.29, 0.717) is 11.5 Å². The molecule has 0 saturated carbocycles. The van der Waals surface area contributed by atoms with Gasteiger partial charge >= 0.3 is 0 Å². The minimum atomic E-state index is -0.0955. The minimum Gasteiger partial charge on any atom is -0.456 e. The van der Waals surface area contributed by atoms with Crippen molar-refractivity contribution in [2.45, 2.75) is 19.3 Å². The van der Waals surface area contributed by atoms with Gasteiger partial charge in [-0.15, -0.1) is 0 Å².